The van der Waals surface area contributed by atoms with E-state index in [-0.39, 0.29) is 23.4 Å². The van der Waals surface area contributed by atoms with E-state index in [1.807, 2.05) is 49.4 Å². The molecule has 0 spiro atoms. The van der Waals surface area contributed by atoms with Crippen LogP contribution in [-0.4, -0.2) is 56.8 Å². The first-order chi connectivity index (χ1) is 22.4. The van der Waals surface area contributed by atoms with Gasteiger partial charge in [0.1, 0.15) is 18.0 Å². The molecule has 0 unspecified atom stereocenters. The van der Waals surface area contributed by atoms with E-state index in [1.165, 1.54) is 15.4 Å². The third-order valence-corrected chi connectivity index (χ3v) is 10.0. The van der Waals surface area contributed by atoms with E-state index in [2.05, 4.69) is 53.4 Å². The minimum absolute atomic E-state index is 0.0645. The number of amides is 1. The molecule has 6 rings (SSSR count). The average molecular weight is 632 g/mol. The van der Waals surface area contributed by atoms with Crippen molar-refractivity contribution in [2.24, 2.45) is 0 Å². The van der Waals surface area contributed by atoms with Gasteiger partial charge in [0.2, 0.25) is 5.91 Å². The predicted octanol–water partition coefficient (Wildman–Crippen LogP) is 6.92. The molecule has 5 aromatic carbocycles. The van der Waals surface area contributed by atoms with Crippen LogP contribution in [0, 0.1) is 6.92 Å². The second kappa shape index (κ2) is 14.0. The number of para-hydroxylation sites is 1. The van der Waals surface area contributed by atoms with E-state index in [0.717, 1.165) is 5.56 Å². The Morgan fingerprint density at radius 3 is 1.72 bits per heavy atom. The smallest absolute Gasteiger partial charge is 0.264 e. The quantitative estimate of drug-likeness (QED) is 0.168. The summed E-state index contributed by atoms with van der Waals surface area (Å²) in [5.41, 5.74) is 3.74. The van der Waals surface area contributed by atoms with Gasteiger partial charge >= 0.3 is 0 Å². The van der Waals surface area contributed by atoms with Crippen LogP contribution < -0.4 is 9.04 Å². The van der Waals surface area contributed by atoms with Crippen molar-refractivity contribution in [3.8, 4) is 11.5 Å². The fraction of sp³-hybridized carbons (Fsp3) is 0.184. The number of piperazine rings is 1. The molecule has 1 fully saturated rings. The summed E-state index contributed by atoms with van der Waals surface area (Å²) in [6.45, 7) is 3.92. The highest BCUT2D eigenvalue weighted by molar-refractivity contribution is 7.92. The van der Waals surface area contributed by atoms with Crippen LogP contribution in [0.15, 0.2) is 144 Å². The summed E-state index contributed by atoms with van der Waals surface area (Å²) in [4.78, 5) is 18.1. The fourth-order valence-electron chi connectivity index (χ4n) is 5.79. The maximum Gasteiger partial charge on any atom is 0.264 e. The predicted molar refractivity (Wildman–Crippen MR) is 182 cm³/mol. The van der Waals surface area contributed by atoms with Gasteiger partial charge in [-0.3, -0.25) is 14.0 Å². The highest BCUT2D eigenvalue weighted by Gasteiger charge is 2.32. The molecule has 5 aromatic rings. The molecule has 0 N–H and O–H groups in total. The van der Waals surface area contributed by atoms with Crippen molar-refractivity contribution < 1.29 is 17.9 Å². The Labute approximate surface area is 271 Å². The van der Waals surface area contributed by atoms with E-state index in [9.17, 15) is 13.2 Å². The van der Waals surface area contributed by atoms with Gasteiger partial charge in [0.05, 0.1) is 16.6 Å². The molecular formula is C38H37N3O4S. The lowest BCUT2D eigenvalue weighted by Crippen LogP contribution is -2.52. The number of anilines is 1. The average Bonchev–Trinajstić information content (AvgIpc) is 3.09. The number of rotatable bonds is 10. The maximum absolute atomic E-state index is 14.0. The lowest BCUT2D eigenvalue weighted by molar-refractivity contribution is -0.131. The van der Waals surface area contributed by atoms with Gasteiger partial charge in [0.15, 0.2) is 0 Å². The molecule has 8 heteroatoms. The highest BCUT2D eigenvalue weighted by atomic mass is 32.2. The van der Waals surface area contributed by atoms with Gasteiger partial charge in [-0.2, -0.15) is 0 Å². The molecule has 0 saturated carbocycles. The topological polar surface area (TPSA) is 70.2 Å². The summed E-state index contributed by atoms with van der Waals surface area (Å²) < 4.78 is 35.1. The van der Waals surface area contributed by atoms with Gasteiger partial charge < -0.3 is 9.64 Å². The number of carbonyl (C=O) groups is 1. The van der Waals surface area contributed by atoms with Crippen LogP contribution in [0.5, 0.6) is 11.5 Å². The highest BCUT2D eigenvalue weighted by Crippen LogP contribution is 2.31. The molecule has 234 valence electrons. The van der Waals surface area contributed by atoms with Crippen molar-refractivity contribution in [2.75, 3.05) is 37.0 Å². The van der Waals surface area contributed by atoms with Crippen molar-refractivity contribution in [3.63, 3.8) is 0 Å². The molecule has 7 nitrogen and oxygen atoms in total. The van der Waals surface area contributed by atoms with Crippen molar-refractivity contribution in [3.05, 3.63) is 156 Å². The Morgan fingerprint density at radius 1 is 0.674 bits per heavy atom. The van der Waals surface area contributed by atoms with E-state index < -0.39 is 10.0 Å². The summed E-state index contributed by atoms with van der Waals surface area (Å²) in [5, 5.41) is 0. The maximum atomic E-state index is 14.0. The third kappa shape index (κ3) is 7.14. The Hall–Kier alpha value is -4.92. The van der Waals surface area contributed by atoms with Crippen LogP contribution in [0.3, 0.4) is 0 Å². The number of hydrogen-bond donors (Lipinski definition) is 0. The number of hydrogen-bond acceptors (Lipinski definition) is 5. The van der Waals surface area contributed by atoms with E-state index in [0.29, 0.717) is 43.4 Å². The zero-order valence-electron chi connectivity index (χ0n) is 25.8. The number of nitrogens with zero attached hydrogens (tertiary/aromatic N) is 3. The van der Waals surface area contributed by atoms with Gasteiger partial charge in [-0.25, -0.2) is 8.42 Å². The zero-order chi connectivity index (χ0) is 31.9. The molecule has 0 aliphatic carbocycles. The first kappa shape index (κ1) is 31.1. The van der Waals surface area contributed by atoms with E-state index in [4.69, 9.17) is 4.74 Å². The van der Waals surface area contributed by atoms with Gasteiger partial charge in [-0.1, -0.05) is 96.6 Å². The van der Waals surface area contributed by atoms with Crippen molar-refractivity contribution in [2.45, 2.75) is 17.9 Å². The molecular weight excluding hydrogens is 595 g/mol. The third-order valence-electron chi connectivity index (χ3n) is 8.25. The number of ether oxygens (including phenoxy) is 1. The molecule has 0 bridgehead atoms. The number of sulfonamides is 1. The second-order valence-corrected chi connectivity index (χ2v) is 13.2. The van der Waals surface area contributed by atoms with Crippen LogP contribution in [0.4, 0.5) is 5.69 Å². The van der Waals surface area contributed by atoms with E-state index >= 15 is 0 Å². The lowest BCUT2D eigenvalue weighted by atomic mass is 9.96. The Balaban J connectivity index is 1.21. The van der Waals surface area contributed by atoms with Gasteiger partial charge in [0.25, 0.3) is 10.0 Å². The molecule has 0 radical (unpaired) electrons. The van der Waals surface area contributed by atoms with Gasteiger partial charge in [0, 0.05) is 26.2 Å². The largest absolute Gasteiger partial charge is 0.457 e. The number of aryl methyl sites for hydroxylation is 1. The van der Waals surface area contributed by atoms with Crippen molar-refractivity contribution >= 4 is 21.6 Å². The van der Waals surface area contributed by atoms with Gasteiger partial charge in [-0.15, -0.1) is 0 Å². The monoisotopic (exact) mass is 631 g/mol. The summed E-state index contributed by atoms with van der Waals surface area (Å²) in [5.74, 6) is 1.00. The molecule has 0 aromatic heterocycles. The first-order valence-electron chi connectivity index (χ1n) is 15.4. The molecule has 1 amide bonds. The van der Waals surface area contributed by atoms with Crippen LogP contribution in [0.1, 0.15) is 22.7 Å². The Bertz CT molecular complexity index is 1790. The lowest BCUT2D eigenvalue weighted by Gasteiger charge is -2.40. The van der Waals surface area contributed by atoms with Crippen molar-refractivity contribution in [1.29, 1.82) is 0 Å². The molecule has 1 saturated heterocycles. The summed E-state index contributed by atoms with van der Waals surface area (Å²) in [6, 6.07) is 43.7. The van der Waals surface area contributed by atoms with E-state index in [1.54, 1.807) is 53.4 Å². The molecule has 1 aliphatic heterocycles. The SMILES string of the molecule is Cc1ccc(S(=O)(=O)N(CC(=O)N2CCN(C(c3ccccc3)c3ccccc3)CC2)c2ccc(Oc3ccccc3)cc2)cc1. The van der Waals surface area contributed by atoms with Crippen LogP contribution in [-0.2, 0) is 14.8 Å². The molecule has 46 heavy (non-hydrogen) atoms. The minimum Gasteiger partial charge on any atom is -0.457 e. The van der Waals surface area contributed by atoms with Crippen LogP contribution in [0.25, 0.3) is 0 Å². The Kier molecular flexibility index (Phi) is 9.47. The Morgan fingerprint density at radius 2 is 1.17 bits per heavy atom. The summed E-state index contributed by atoms with van der Waals surface area (Å²) in [6.07, 6.45) is 0. The zero-order valence-corrected chi connectivity index (χ0v) is 26.6. The number of carbonyl (C=O) groups excluding carboxylic acids is 1. The normalized spacial score (nSPS) is 13.8. The van der Waals surface area contributed by atoms with Gasteiger partial charge in [-0.05, 0) is 66.6 Å². The number of benzene rings is 5. The first-order valence-corrected chi connectivity index (χ1v) is 16.9. The summed E-state index contributed by atoms with van der Waals surface area (Å²) in [7, 11) is -4.04. The summed E-state index contributed by atoms with van der Waals surface area (Å²) >= 11 is 0. The fourth-order valence-corrected chi connectivity index (χ4v) is 7.21. The van der Waals surface area contributed by atoms with Crippen LogP contribution in [0.2, 0.25) is 0 Å². The van der Waals surface area contributed by atoms with Crippen LogP contribution >= 0.6 is 0 Å². The van der Waals surface area contributed by atoms with Crippen molar-refractivity contribution in [1.82, 2.24) is 9.80 Å². The molecule has 1 aliphatic rings. The standard InChI is InChI=1S/C38H37N3O4S/c1-30-17-23-36(24-18-30)46(43,44)41(33-19-21-35(22-20-33)45-34-15-9-4-10-16-34)29-37(42)39-25-27-40(28-26-39)38(31-11-5-2-6-12-31)32-13-7-3-8-14-32/h2-24,38H,25-29H2,1H3. The second-order valence-electron chi connectivity index (χ2n) is 11.4. The minimum atomic E-state index is -4.04. The molecule has 1 heterocycles. The molecule has 0 atom stereocenters.